The van der Waals surface area contributed by atoms with E-state index < -0.39 is 5.54 Å². The number of carbonyl (C=O) groups excluding carboxylic acids is 1. The molecule has 2 amide bonds. The number of rotatable bonds is 7. The first kappa shape index (κ1) is 17.2. The van der Waals surface area contributed by atoms with Crippen LogP contribution in [0.3, 0.4) is 0 Å². The number of hydrogen-bond donors (Lipinski definition) is 3. The molecule has 0 aliphatic carbocycles. The number of likely N-dealkylation sites (tertiary alicyclic amines) is 1. The molecule has 0 aromatic carbocycles. The zero-order chi connectivity index (χ0) is 15.0. The summed E-state index contributed by atoms with van der Waals surface area (Å²) in [5, 5.41) is 15.3. The second kappa shape index (κ2) is 8.47. The highest BCUT2D eigenvalue weighted by atomic mass is 16.3. The van der Waals surface area contributed by atoms with E-state index in [0.717, 1.165) is 32.4 Å². The number of nitrogens with one attached hydrogen (secondary N) is 2. The molecule has 1 aliphatic rings. The molecule has 2 atom stereocenters. The molecule has 1 fully saturated rings. The second-order valence-corrected chi connectivity index (χ2v) is 6.08. The highest BCUT2D eigenvalue weighted by Gasteiger charge is 2.26. The first-order valence-corrected chi connectivity index (χ1v) is 7.95. The molecule has 5 heteroatoms. The van der Waals surface area contributed by atoms with Crippen molar-refractivity contribution in [1.29, 1.82) is 0 Å². The minimum absolute atomic E-state index is 0.0290. The molecule has 0 radical (unpaired) electrons. The Balaban J connectivity index is 2.38. The summed E-state index contributed by atoms with van der Waals surface area (Å²) in [5.41, 5.74) is -0.518. The molecule has 2 unspecified atom stereocenters. The van der Waals surface area contributed by atoms with Crippen molar-refractivity contribution in [2.45, 2.75) is 64.5 Å². The predicted octanol–water partition coefficient (Wildman–Crippen LogP) is 1.71. The lowest BCUT2D eigenvalue weighted by atomic mass is 9.97. The van der Waals surface area contributed by atoms with E-state index in [1.54, 1.807) is 0 Å². The quantitative estimate of drug-likeness (QED) is 0.667. The fraction of sp³-hybridized carbons (Fsp3) is 0.933. The van der Waals surface area contributed by atoms with Crippen LogP contribution in [0.4, 0.5) is 4.79 Å². The van der Waals surface area contributed by atoms with Gasteiger partial charge >= 0.3 is 6.03 Å². The number of urea groups is 1. The molecule has 1 aliphatic heterocycles. The van der Waals surface area contributed by atoms with Crippen molar-refractivity contribution < 1.29 is 9.90 Å². The monoisotopic (exact) mass is 285 g/mol. The summed E-state index contributed by atoms with van der Waals surface area (Å²) >= 11 is 0. The molecule has 1 saturated heterocycles. The predicted molar refractivity (Wildman–Crippen MR) is 81.8 cm³/mol. The van der Waals surface area contributed by atoms with Crippen LogP contribution < -0.4 is 10.6 Å². The van der Waals surface area contributed by atoms with Crippen LogP contribution in [-0.2, 0) is 0 Å². The Kier molecular flexibility index (Phi) is 7.30. The molecule has 1 rings (SSSR count). The van der Waals surface area contributed by atoms with Gasteiger partial charge in [0.2, 0.25) is 0 Å². The summed E-state index contributed by atoms with van der Waals surface area (Å²) in [6.07, 6.45) is 5.37. The number of amides is 2. The van der Waals surface area contributed by atoms with E-state index in [2.05, 4.69) is 29.4 Å². The standard InChI is InChI=1S/C15H31N3O2/c1-4-9-15(3,12-19)17-14(20)16-11-13-8-6-7-10-18(13)5-2/h13,19H,4-12H2,1-3H3,(H2,16,17,20). The van der Waals surface area contributed by atoms with E-state index in [9.17, 15) is 9.90 Å². The summed E-state index contributed by atoms with van der Waals surface area (Å²) in [4.78, 5) is 14.4. The van der Waals surface area contributed by atoms with Crippen LogP contribution in [0.15, 0.2) is 0 Å². The molecular formula is C15H31N3O2. The highest BCUT2D eigenvalue weighted by Crippen LogP contribution is 2.16. The van der Waals surface area contributed by atoms with Gasteiger partial charge in [0.1, 0.15) is 0 Å². The minimum atomic E-state index is -0.518. The summed E-state index contributed by atoms with van der Waals surface area (Å²) in [7, 11) is 0. The normalized spacial score (nSPS) is 23.1. The van der Waals surface area contributed by atoms with Gasteiger partial charge in [-0.2, -0.15) is 0 Å². The Morgan fingerprint density at radius 2 is 2.15 bits per heavy atom. The van der Waals surface area contributed by atoms with Gasteiger partial charge in [-0.1, -0.05) is 26.7 Å². The van der Waals surface area contributed by atoms with Crippen LogP contribution >= 0.6 is 0 Å². The summed E-state index contributed by atoms with van der Waals surface area (Å²) in [6, 6.07) is 0.280. The lowest BCUT2D eigenvalue weighted by molar-refractivity contribution is 0.146. The first-order chi connectivity index (χ1) is 9.54. The maximum Gasteiger partial charge on any atom is 0.315 e. The first-order valence-electron chi connectivity index (χ1n) is 7.95. The van der Waals surface area contributed by atoms with E-state index >= 15 is 0 Å². The van der Waals surface area contributed by atoms with Gasteiger partial charge in [0, 0.05) is 12.6 Å². The number of carbonyl (C=O) groups is 1. The third kappa shape index (κ3) is 5.29. The lowest BCUT2D eigenvalue weighted by Crippen LogP contribution is -2.55. The van der Waals surface area contributed by atoms with Crippen molar-refractivity contribution in [2.75, 3.05) is 26.2 Å². The van der Waals surface area contributed by atoms with Gasteiger partial charge in [0.15, 0.2) is 0 Å². The molecule has 5 nitrogen and oxygen atoms in total. The number of hydrogen-bond acceptors (Lipinski definition) is 3. The molecule has 0 bridgehead atoms. The van der Waals surface area contributed by atoms with Crippen molar-refractivity contribution in [3.63, 3.8) is 0 Å². The van der Waals surface area contributed by atoms with Gasteiger partial charge in [-0.05, 0) is 39.3 Å². The highest BCUT2D eigenvalue weighted by molar-refractivity contribution is 5.74. The van der Waals surface area contributed by atoms with Gasteiger partial charge in [0.25, 0.3) is 0 Å². The van der Waals surface area contributed by atoms with Crippen LogP contribution in [0.2, 0.25) is 0 Å². The maximum atomic E-state index is 12.0. The van der Waals surface area contributed by atoms with Crippen molar-refractivity contribution in [2.24, 2.45) is 0 Å². The zero-order valence-electron chi connectivity index (χ0n) is 13.2. The molecule has 0 aromatic rings. The maximum absolute atomic E-state index is 12.0. The Morgan fingerprint density at radius 3 is 2.75 bits per heavy atom. The number of nitrogens with zero attached hydrogens (tertiary/aromatic N) is 1. The van der Waals surface area contributed by atoms with Crippen LogP contribution in [0, 0.1) is 0 Å². The largest absolute Gasteiger partial charge is 0.394 e. The van der Waals surface area contributed by atoms with Gasteiger partial charge < -0.3 is 15.7 Å². The third-order valence-electron chi connectivity index (χ3n) is 4.22. The van der Waals surface area contributed by atoms with Crippen LogP contribution in [0.5, 0.6) is 0 Å². The summed E-state index contributed by atoms with van der Waals surface area (Å²) < 4.78 is 0. The van der Waals surface area contributed by atoms with E-state index in [-0.39, 0.29) is 12.6 Å². The topological polar surface area (TPSA) is 64.6 Å². The van der Waals surface area contributed by atoms with Gasteiger partial charge in [-0.15, -0.1) is 0 Å². The van der Waals surface area contributed by atoms with E-state index in [1.165, 1.54) is 12.8 Å². The van der Waals surface area contributed by atoms with E-state index in [0.29, 0.717) is 12.6 Å². The number of likely N-dealkylation sites (N-methyl/N-ethyl adjacent to an activating group) is 1. The Bertz CT molecular complexity index is 299. The van der Waals surface area contributed by atoms with E-state index in [1.807, 2.05) is 6.92 Å². The Morgan fingerprint density at radius 1 is 1.40 bits per heavy atom. The molecular weight excluding hydrogens is 254 g/mol. The molecule has 0 spiro atoms. The Labute approximate surface area is 123 Å². The molecule has 1 heterocycles. The van der Waals surface area contributed by atoms with Crippen LogP contribution in [0.1, 0.15) is 52.9 Å². The fourth-order valence-corrected chi connectivity index (χ4v) is 2.97. The fourth-order valence-electron chi connectivity index (χ4n) is 2.97. The van der Waals surface area contributed by atoms with Crippen molar-refractivity contribution in [1.82, 2.24) is 15.5 Å². The number of aliphatic hydroxyl groups is 1. The smallest absolute Gasteiger partial charge is 0.315 e. The minimum Gasteiger partial charge on any atom is -0.394 e. The molecule has 3 N–H and O–H groups in total. The van der Waals surface area contributed by atoms with Gasteiger partial charge in [0.05, 0.1) is 12.1 Å². The Hall–Kier alpha value is -0.810. The lowest BCUT2D eigenvalue weighted by Gasteiger charge is -2.35. The third-order valence-corrected chi connectivity index (χ3v) is 4.22. The number of piperidine rings is 1. The van der Waals surface area contributed by atoms with Gasteiger partial charge in [-0.3, -0.25) is 4.90 Å². The van der Waals surface area contributed by atoms with Crippen LogP contribution in [-0.4, -0.2) is 53.9 Å². The summed E-state index contributed by atoms with van der Waals surface area (Å²) in [6.45, 7) is 8.94. The van der Waals surface area contributed by atoms with Crippen molar-refractivity contribution in [3.8, 4) is 0 Å². The molecule has 118 valence electrons. The average Bonchev–Trinajstić information content (AvgIpc) is 2.45. The molecule has 20 heavy (non-hydrogen) atoms. The molecule has 0 saturated carbocycles. The van der Waals surface area contributed by atoms with Crippen LogP contribution in [0.25, 0.3) is 0 Å². The zero-order valence-corrected chi connectivity index (χ0v) is 13.2. The van der Waals surface area contributed by atoms with E-state index in [4.69, 9.17) is 0 Å². The van der Waals surface area contributed by atoms with Crippen molar-refractivity contribution >= 4 is 6.03 Å². The SMILES string of the molecule is CCCC(C)(CO)NC(=O)NCC1CCCCN1CC. The van der Waals surface area contributed by atoms with Gasteiger partial charge in [-0.25, -0.2) is 4.79 Å². The average molecular weight is 285 g/mol. The molecule has 0 aromatic heterocycles. The van der Waals surface area contributed by atoms with Crippen molar-refractivity contribution in [3.05, 3.63) is 0 Å². The summed E-state index contributed by atoms with van der Waals surface area (Å²) in [5.74, 6) is 0. The second-order valence-electron chi connectivity index (χ2n) is 6.08. The number of aliphatic hydroxyl groups excluding tert-OH is 1.